The molecule has 0 spiro atoms. The monoisotopic (exact) mass is 206 g/mol. The lowest BCUT2D eigenvalue weighted by Crippen LogP contribution is -2.44. The molecule has 0 aromatic rings. The number of nitrogens with zero attached hydrogens (tertiary/aromatic N) is 2. The van der Waals surface area contributed by atoms with Gasteiger partial charge in [-0.05, 0) is 12.8 Å². The maximum atomic E-state index is 12.7. The molecule has 1 aliphatic carbocycles. The first kappa shape index (κ1) is 10.9. The Morgan fingerprint density at radius 3 is 2.14 bits per heavy atom. The standard InChI is InChI=1S/C8H9F3N2O/c9-8(10,11)7(3-1-2-4-7)6(5-14)13-12/h5H,1-4H2. The number of aldehydes is 1. The topological polar surface area (TPSA) is 53.5 Å². The zero-order valence-electron chi connectivity index (χ0n) is 7.34. The molecule has 0 atom stereocenters. The summed E-state index contributed by atoms with van der Waals surface area (Å²) in [6.45, 7) is 0. The Hall–Kier alpha value is -1.16. The molecular weight excluding hydrogens is 197 g/mol. The van der Waals surface area contributed by atoms with Gasteiger partial charge in [-0.3, -0.25) is 4.79 Å². The summed E-state index contributed by atoms with van der Waals surface area (Å²) < 4.78 is 38.1. The highest BCUT2D eigenvalue weighted by molar-refractivity contribution is 6.28. The maximum absolute atomic E-state index is 12.7. The number of alkyl halides is 3. The molecular formula is C8H9F3N2O. The van der Waals surface area contributed by atoms with E-state index in [0.717, 1.165) is 0 Å². The molecule has 0 saturated heterocycles. The van der Waals surface area contributed by atoms with E-state index < -0.39 is 17.3 Å². The van der Waals surface area contributed by atoms with Crippen LogP contribution < -0.4 is 0 Å². The highest BCUT2D eigenvalue weighted by Crippen LogP contribution is 2.50. The van der Waals surface area contributed by atoms with Crippen molar-refractivity contribution < 1.29 is 22.8 Å². The number of carbonyl (C=O) groups is 1. The van der Waals surface area contributed by atoms with Gasteiger partial charge in [0.25, 0.3) is 0 Å². The fourth-order valence-electron chi connectivity index (χ4n) is 1.90. The third-order valence-electron chi connectivity index (χ3n) is 2.71. The molecule has 0 N–H and O–H groups in total. The lowest BCUT2D eigenvalue weighted by molar-refractivity contribution is -0.206. The second-order valence-corrected chi connectivity index (χ2v) is 3.39. The van der Waals surface area contributed by atoms with Crippen LogP contribution in [-0.4, -0.2) is 23.0 Å². The molecule has 0 unspecified atom stereocenters. The minimum atomic E-state index is -4.52. The molecule has 0 radical (unpaired) electrons. The van der Waals surface area contributed by atoms with Gasteiger partial charge < -0.3 is 5.53 Å². The van der Waals surface area contributed by atoms with Crippen molar-refractivity contribution in [2.24, 2.45) is 5.41 Å². The van der Waals surface area contributed by atoms with Crippen LogP contribution in [0.25, 0.3) is 5.53 Å². The minimum absolute atomic E-state index is 0.0151. The normalized spacial score (nSPS) is 20.2. The summed E-state index contributed by atoms with van der Waals surface area (Å²) in [5, 5.41) is 0. The van der Waals surface area contributed by atoms with Crippen LogP contribution in [0.2, 0.25) is 0 Å². The van der Waals surface area contributed by atoms with Crippen LogP contribution in [0.5, 0.6) is 0 Å². The van der Waals surface area contributed by atoms with Crippen molar-refractivity contribution in [3.63, 3.8) is 0 Å². The summed E-state index contributed by atoms with van der Waals surface area (Å²) in [7, 11) is 0. The highest BCUT2D eigenvalue weighted by atomic mass is 19.4. The Kier molecular flexibility index (Phi) is 2.76. The van der Waals surface area contributed by atoms with Crippen LogP contribution in [0.1, 0.15) is 25.7 Å². The van der Waals surface area contributed by atoms with Crippen LogP contribution >= 0.6 is 0 Å². The van der Waals surface area contributed by atoms with E-state index in [1.165, 1.54) is 0 Å². The first-order valence-corrected chi connectivity index (χ1v) is 4.22. The summed E-state index contributed by atoms with van der Waals surface area (Å²) in [5.74, 6) is 0. The molecule has 0 aromatic heterocycles. The van der Waals surface area contributed by atoms with E-state index in [9.17, 15) is 18.0 Å². The van der Waals surface area contributed by atoms with Crippen LogP contribution in [0, 0.1) is 5.41 Å². The van der Waals surface area contributed by atoms with E-state index in [2.05, 4.69) is 4.79 Å². The molecule has 78 valence electrons. The molecule has 1 fully saturated rings. The van der Waals surface area contributed by atoms with Gasteiger partial charge in [0, 0.05) is 0 Å². The predicted octanol–water partition coefficient (Wildman–Crippen LogP) is 1.98. The average Bonchev–Trinajstić information content (AvgIpc) is 2.55. The van der Waals surface area contributed by atoms with Crippen LogP contribution in [0.15, 0.2) is 0 Å². The van der Waals surface area contributed by atoms with Crippen LogP contribution in [-0.2, 0) is 4.79 Å². The summed E-state index contributed by atoms with van der Waals surface area (Å²) in [6, 6.07) is 0. The number of rotatable bonds is 2. The van der Waals surface area contributed by atoms with E-state index in [0.29, 0.717) is 12.8 Å². The minimum Gasteiger partial charge on any atom is -0.361 e. The number of hydrogen-bond donors (Lipinski definition) is 0. The van der Waals surface area contributed by atoms with Gasteiger partial charge in [-0.2, -0.15) is 18.0 Å². The average molecular weight is 206 g/mol. The molecule has 1 saturated carbocycles. The molecule has 0 bridgehead atoms. The zero-order chi connectivity index (χ0) is 10.8. The second-order valence-electron chi connectivity index (χ2n) is 3.39. The predicted molar refractivity (Wildman–Crippen MR) is 41.6 cm³/mol. The molecule has 14 heavy (non-hydrogen) atoms. The quantitative estimate of drug-likeness (QED) is 0.295. The highest BCUT2D eigenvalue weighted by Gasteiger charge is 2.63. The number of halogens is 3. The van der Waals surface area contributed by atoms with Gasteiger partial charge in [0.05, 0.1) is 0 Å². The molecule has 0 heterocycles. The summed E-state index contributed by atoms with van der Waals surface area (Å²) in [5.41, 5.74) is 5.35. The smallest absolute Gasteiger partial charge is 0.361 e. The van der Waals surface area contributed by atoms with Crippen molar-refractivity contribution in [2.45, 2.75) is 31.9 Å². The van der Waals surface area contributed by atoms with E-state index >= 15 is 0 Å². The SMILES string of the molecule is [N-]=[N+]=C(C=O)C1(C(F)(F)F)CCCC1. The van der Waals surface area contributed by atoms with Gasteiger partial charge in [-0.15, -0.1) is 0 Å². The zero-order valence-corrected chi connectivity index (χ0v) is 7.34. The van der Waals surface area contributed by atoms with Gasteiger partial charge in [-0.25, -0.2) is 0 Å². The Morgan fingerprint density at radius 1 is 1.36 bits per heavy atom. The number of carbonyl (C=O) groups excluding carboxylic acids is 1. The summed E-state index contributed by atoms with van der Waals surface area (Å²) >= 11 is 0. The van der Waals surface area contributed by atoms with Crippen molar-refractivity contribution in [3.8, 4) is 0 Å². The van der Waals surface area contributed by atoms with Crippen molar-refractivity contribution in [2.75, 3.05) is 0 Å². The van der Waals surface area contributed by atoms with Crippen molar-refractivity contribution in [1.82, 2.24) is 0 Å². The molecule has 0 aliphatic heterocycles. The van der Waals surface area contributed by atoms with Crippen molar-refractivity contribution in [3.05, 3.63) is 5.53 Å². The van der Waals surface area contributed by atoms with Gasteiger partial charge in [0.1, 0.15) is 0 Å². The lowest BCUT2D eigenvalue weighted by atomic mass is 9.81. The van der Waals surface area contributed by atoms with Crippen LogP contribution in [0.3, 0.4) is 0 Å². The van der Waals surface area contributed by atoms with Gasteiger partial charge in [-0.1, -0.05) is 12.8 Å². The first-order valence-electron chi connectivity index (χ1n) is 4.22. The molecule has 6 heteroatoms. The Morgan fingerprint density at radius 2 is 1.86 bits per heavy atom. The van der Waals surface area contributed by atoms with E-state index in [-0.39, 0.29) is 19.1 Å². The first-order chi connectivity index (χ1) is 6.48. The Labute approximate surface area is 78.5 Å². The fourth-order valence-corrected chi connectivity index (χ4v) is 1.90. The number of hydrogen-bond acceptors (Lipinski definition) is 1. The van der Waals surface area contributed by atoms with Gasteiger partial charge in [0.15, 0.2) is 5.41 Å². The summed E-state index contributed by atoms with van der Waals surface area (Å²) in [6.07, 6.45) is -4.09. The largest absolute Gasteiger partial charge is 0.405 e. The molecule has 0 amide bonds. The van der Waals surface area contributed by atoms with E-state index in [1.54, 1.807) is 0 Å². The second kappa shape index (κ2) is 3.53. The Balaban J connectivity index is 3.17. The summed E-state index contributed by atoms with van der Waals surface area (Å²) in [4.78, 5) is 12.8. The fraction of sp³-hybridized carbons (Fsp3) is 0.750. The third-order valence-corrected chi connectivity index (χ3v) is 2.71. The molecule has 0 aromatic carbocycles. The lowest BCUT2D eigenvalue weighted by Gasteiger charge is -2.24. The van der Waals surface area contributed by atoms with Crippen molar-refractivity contribution >= 4 is 12.0 Å². The van der Waals surface area contributed by atoms with E-state index in [4.69, 9.17) is 5.53 Å². The molecule has 1 rings (SSSR count). The molecule has 1 aliphatic rings. The maximum Gasteiger partial charge on any atom is 0.405 e. The third kappa shape index (κ3) is 1.46. The van der Waals surface area contributed by atoms with E-state index in [1.807, 2.05) is 0 Å². The molecule has 3 nitrogen and oxygen atoms in total. The Bertz CT molecular complexity index is 285. The van der Waals surface area contributed by atoms with Crippen LogP contribution in [0.4, 0.5) is 13.2 Å². The van der Waals surface area contributed by atoms with Gasteiger partial charge in [0.2, 0.25) is 6.29 Å². The van der Waals surface area contributed by atoms with Crippen molar-refractivity contribution in [1.29, 1.82) is 0 Å². The van der Waals surface area contributed by atoms with Gasteiger partial charge >= 0.3 is 11.9 Å².